The maximum Gasteiger partial charge on any atom is 0.178 e. The number of benzene rings is 1. The Morgan fingerprint density at radius 1 is 1.14 bits per heavy atom. The van der Waals surface area contributed by atoms with Gasteiger partial charge in [-0.15, -0.1) is 0 Å². The van der Waals surface area contributed by atoms with Gasteiger partial charge in [0.1, 0.15) is 11.3 Å². The molecule has 0 saturated carbocycles. The van der Waals surface area contributed by atoms with Crippen molar-refractivity contribution >= 4 is 38.3 Å². The molecule has 2 N–H and O–H groups in total. The number of halogens is 1. The molecular formula is C20H25ClN4O2S. The molecule has 0 aliphatic rings. The third-order valence-electron chi connectivity index (χ3n) is 4.92. The lowest BCUT2D eigenvalue weighted by Crippen LogP contribution is -2.12. The number of nitrogens with zero attached hydrogens (tertiary/aromatic N) is 3. The van der Waals surface area contributed by atoms with Gasteiger partial charge in [0.15, 0.2) is 15.7 Å². The van der Waals surface area contributed by atoms with Crippen LogP contribution in [0, 0.1) is 13.8 Å². The molecule has 8 heteroatoms. The van der Waals surface area contributed by atoms with Gasteiger partial charge in [0, 0.05) is 23.7 Å². The molecule has 0 amide bonds. The van der Waals surface area contributed by atoms with Gasteiger partial charge < -0.3 is 10.3 Å². The molecule has 2 aromatic heterocycles. The van der Waals surface area contributed by atoms with Crippen molar-refractivity contribution < 1.29 is 8.42 Å². The topological polar surface area (TPSA) is 90.9 Å². The number of nitrogens with two attached hydrogens (primary N) is 1. The number of hydrogen-bond donors (Lipinski definition) is 1. The standard InChI is InChI=1S/C20H25ClN4O2S/c1-4-6-17-24-18-19(13(2)14(3)23-20(18)22)25(17)11-5-12-28(26,27)16-9-7-15(21)8-10-16/h7-10H,4-6,11-12H2,1-3H3,(H2,22,23). The van der Waals surface area contributed by atoms with Gasteiger partial charge in [0.25, 0.3) is 0 Å². The van der Waals surface area contributed by atoms with Gasteiger partial charge >= 0.3 is 0 Å². The Bertz CT molecular complexity index is 1110. The van der Waals surface area contributed by atoms with Crippen LogP contribution in [0.15, 0.2) is 29.2 Å². The quantitative estimate of drug-likeness (QED) is 0.621. The summed E-state index contributed by atoms with van der Waals surface area (Å²) in [5, 5.41) is 0.519. The summed E-state index contributed by atoms with van der Waals surface area (Å²) >= 11 is 5.86. The molecule has 0 radical (unpaired) electrons. The minimum atomic E-state index is -3.36. The van der Waals surface area contributed by atoms with Crippen LogP contribution in [0.4, 0.5) is 5.82 Å². The van der Waals surface area contributed by atoms with Gasteiger partial charge in [-0.3, -0.25) is 0 Å². The van der Waals surface area contributed by atoms with E-state index >= 15 is 0 Å². The number of hydrogen-bond acceptors (Lipinski definition) is 5. The average molecular weight is 421 g/mol. The number of fused-ring (bicyclic) bond motifs is 1. The van der Waals surface area contributed by atoms with E-state index in [0.717, 1.165) is 35.4 Å². The summed E-state index contributed by atoms with van der Waals surface area (Å²) in [6.45, 7) is 6.58. The largest absolute Gasteiger partial charge is 0.382 e. The van der Waals surface area contributed by atoms with Crippen LogP contribution in [0.2, 0.25) is 5.02 Å². The first-order valence-electron chi connectivity index (χ1n) is 9.34. The van der Waals surface area contributed by atoms with E-state index in [1.54, 1.807) is 24.3 Å². The molecule has 6 nitrogen and oxygen atoms in total. The molecule has 3 rings (SSSR count). The van der Waals surface area contributed by atoms with Gasteiger partial charge in [0.2, 0.25) is 0 Å². The number of pyridine rings is 1. The highest BCUT2D eigenvalue weighted by atomic mass is 35.5. The van der Waals surface area contributed by atoms with E-state index in [1.807, 2.05) is 13.8 Å². The van der Waals surface area contributed by atoms with Crippen LogP contribution >= 0.6 is 11.6 Å². The van der Waals surface area contributed by atoms with Crippen LogP contribution in [-0.2, 0) is 22.8 Å². The van der Waals surface area contributed by atoms with Crippen molar-refractivity contribution in [3.05, 3.63) is 46.4 Å². The number of anilines is 1. The SMILES string of the molecule is CCCc1nc2c(N)nc(C)c(C)c2n1CCCS(=O)(=O)c1ccc(Cl)cc1. The second-order valence-electron chi connectivity index (χ2n) is 6.96. The lowest BCUT2D eigenvalue weighted by molar-refractivity contribution is 0.584. The van der Waals surface area contributed by atoms with E-state index in [0.29, 0.717) is 34.2 Å². The Morgan fingerprint density at radius 2 is 1.82 bits per heavy atom. The second kappa shape index (κ2) is 8.09. The molecule has 0 saturated heterocycles. The number of aryl methyl sites for hydroxylation is 4. The summed E-state index contributed by atoms with van der Waals surface area (Å²) < 4.78 is 27.4. The van der Waals surface area contributed by atoms with E-state index in [4.69, 9.17) is 22.3 Å². The fourth-order valence-corrected chi connectivity index (χ4v) is 4.80. The summed E-state index contributed by atoms with van der Waals surface area (Å²) in [6, 6.07) is 6.29. The Morgan fingerprint density at radius 3 is 2.46 bits per heavy atom. The van der Waals surface area contributed by atoms with E-state index in [1.165, 1.54) is 0 Å². The summed E-state index contributed by atoms with van der Waals surface area (Å²) in [7, 11) is -3.36. The molecule has 0 fully saturated rings. The number of imidazole rings is 1. The van der Waals surface area contributed by atoms with Crippen LogP contribution in [0.1, 0.15) is 36.8 Å². The minimum absolute atomic E-state index is 0.0540. The zero-order chi connectivity index (χ0) is 20.5. The highest BCUT2D eigenvalue weighted by Gasteiger charge is 2.19. The van der Waals surface area contributed by atoms with Crippen molar-refractivity contribution in [1.29, 1.82) is 0 Å². The van der Waals surface area contributed by atoms with E-state index in [-0.39, 0.29) is 5.75 Å². The molecule has 0 unspecified atom stereocenters. The monoisotopic (exact) mass is 420 g/mol. The van der Waals surface area contributed by atoms with Crippen molar-refractivity contribution in [3.63, 3.8) is 0 Å². The number of aromatic nitrogens is 3. The third kappa shape index (κ3) is 4.00. The van der Waals surface area contributed by atoms with Crippen LogP contribution in [-0.4, -0.2) is 28.7 Å². The van der Waals surface area contributed by atoms with Crippen LogP contribution in [0.25, 0.3) is 11.0 Å². The Balaban J connectivity index is 1.89. The second-order valence-corrected chi connectivity index (χ2v) is 9.51. The number of rotatable bonds is 7. The fourth-order valence-electron chi connectivity index (χ4n) is 3.37. The van der Waals surface area contributed by atoms with Gasteiger partial charge in [-0.25, -0.2) is 18.4 Å². The molecule has 150 valence electrons. The lowest BCUT2D eigenvalue weighted by Gasteiger charge is -2.12. The summed E-state index contributed by atoms with van der Waals surface area (Å²) in [5.74, 6) is 1.39. The maximum absolute atomic E-state index is 12.6. The zero-order valence-corrected chi connectivity index (χ0v) is 17.9. The molecule has 28 heavy (non-hydrogen) atoms. The molecular weight excluding hydrogens is 396 g/mol. The van der Waals surface area contributed by atoms with E-state index in [2.05, 4.69) is 16.5 Å². The Hall–Kier alpha value is -2.12. The maximum atomic E-state index is 12.6. The molecule has 0 bridgehead atoms. The average Bonchev–Trinajstić information content (AvgIpc) is 2.99. The molecule has 1 aromatic carbocycles. The molecule has 0 spiro atoms. The molecule has 0 atom stereocenters. The molecule has 2 heterocycles. The van der Waals surface area contributed by atoms with Crippen LogP contribution in [0.3, 0.4) is 0 Å². The third-order valence-corrected chi connectivity index (χ3v) is 6.98. The summed E-state index contributed by atoms with van der Waals surface area (Å²) in [5.41, 5.74) is 9.64. The van der Waals surface area contributed by atoms with Crippen LogP contribution in [0.5, 0.6) is 0 Å². The molecule has 0 aliphatic carbocycles. The zero-order valence-electron chi connectivity index (χ0n) is 16.4. The predicted octanol–water partition coefficient (Wildman–Crippen LogP) is 4.10. The van der Waals surface area contributed by atoms with Gasteiger partial charge in [-0.2, -0.15) is 0 Å². The minimum Gasteiger partial charge on any atom is -0.382 e. The first-order chi connectivity index (χ1) is 13.2. The Kier molecular flexibility index (Phi) is 5.95. The normalized spacial score (nSPS) is 12.0. The lowest BCUT2D eigenvalue weighted by atomic mass is 10.2. The first kappa shape index (κ1) is 20.6. The highest BCUT2D eigenvalue weighted by Crippen LogP contribution is 2.27. The smallest absolute Gasteiger partial charge is 0.178 e. The highest BCUT2D eigenvalue weighted by molar-refractivity contribution is 7.91. The van der Waals surface area contributed by atoms with Crippen molar-refractivity contribution in [3.8, 4) is 0 Å². The van der Waals surface area contributed by atoms with Crippen molar-refractivity contribution in [1.82, 2.24) is 14.5 Å². The van der Waals surface area contributed by atoms with Gasteiger partial charge in [-0.1, -0.05) is 18.5 Å². The molecule has 0 aliphatic heterocycles. The van der Waals surface area contributed by atoms with E-state index in [9.17, 15) is 8.42 Å². The fraction of sp³-hybridized carbons (Fsp3) is 0.400. The number of sulfone groups is 1. The van der Waals surface area contributed by atoms with Gasteiger partial charge in [-0.05, 0) is 56.5 Å². The van der Waals surface area contributed by atoms with Gasteiger partial charge in [0.05, 0.1) is 16.2 Å². The Labute approximate surface area is 170 Å². The van der Waals surface area contributed by atoms with Crippen LogP contribution < -0.4 is 5.73 Å². The molecule has 3 aromatic rings. The number of nitrogen functional groups attached to an aromatic ring is 1. The summed E-state index contributed by atoms with van der Waals surface area (Å²) in [4.78, 5) is 9.37. The van der Waals surface area contributed by atoms with Crippen molar-refractivity contribution in [2.24, 2.45) is 0 Å². The van der Waals surface area contributed by atoms with Crippen molar-refractivity contribution in [2.75, 3.05) is 11.5 Å². The summed E-state index contributed by atoms with van der Waals surface area (Å²) in [6.07, 6.45) is 2.22. The van der Waals surface area contributed by atoms with Crippen molar-refractivity contribution in [2.45, 2.75) is 51.5 Å². The first-order valence-corrected chi connectivity index (χ1v) is 11.4. The predicted molar refractivity (Wildman–Crippen MR) is 114 cm³/mol. The van der Waals surface area contributed by atoms with E-state index < -0.39 is 9.84 Å².